The molecule has 44 heavy (non-hydrogen) atoms. The number of hydrogen-bond donors (Lipinski definition) is 2. The van der Waals surface area contributed by atoms with Gasteiger partial charge in [-0.2, -0.15) is 0 Å². The number of halogens is 1. The molecule has 2 N–H and O–H groups in total. The number of benzene rings is 2. The molecule has 0 aliphatic carbocycles. The van der Waals surface area contributed by atoms with E-state index in [1.54, 1.807) is 11.9 Å². The minimum absolute atomic E-state index is 0.0913. The fraction of sp³-hybridized carbons (Fsp3) is 0.471. The number of carbonyl (C=O) groups excluding carboxylic acids is 4. The number of para-hydroxylation sites is 1. The average Bonchev–Trinajstić information content (AvgIpc) is 3.49. The molecule has 4 amide bonds. The summed E-state index contributed by atoms with van der Waals surface area (Å²) in [6.07, 6.45) is 7.57. The van der Waals surface area contributed by atoms with Crippen molar-refractivity contribution in [3.05, 3.63) is 71.9 Å². The van der Waals surface area contributed by atoms with E-state index >= 15 is 0 Å². The lowest BCUT2D eigenvalue weighted by Crippen LogP contribution is -2.60. The number of rotatable bonds is 10. The van der Waals surface area contributed by atoms with Crippen molar-refractivity contribution in [3.63, 3.8) is 0 Å². The lowest BCUT2D eigenvalue weighted by atomic mass is 9.96. The van der Waals surface area contributed by atoms with Gasteiger partial charge in [-0.3, -0.25) is 19.2 Å². The van der Waals surface area contributed by atoms with Gasteiger partial charge >= 0.3 is 0 Å². The van der Waals surface area contributed by atoms with Crippen LogP contribution in [0.4, 0.5) is 0 Å². The van der Waals surface area contributed by atoms with Gasteiger partial charge in [0.25, 0.3) is 0 Å². The standard InChI is InChI=1S/C34H42ClN5O4/c1-38(31(41)22-35)30(20-24-12-4-2-5-13-24)34(44)40-19-11-8-16-29(40)32(42)37-28(33(43)39-17-9-3-10-18-39)21-25-23-36-27-15-7-6-14-26(25)27/h2,4-7,12-15,23,28-30,36H,3,8-11,16-22H2,1H3,(H,37,42)/t28-,29-,30-/m0/s1. The third kappa shape index (κ3) is 7.26. The molecule has 0 unspecified atom stereocenters. The van der Waals surface area contributed by atoms with Crippen molar-refractivity contribution in [2.45, 2.75) is 69.5 Å². The number of likely N-dealkylation sites (tertiary alicyclic amines) is 2. The molecule has 9 nitrogen and oxygen atoms in total. The van der Waals surface area contributed by atoms with Gasteiger partial charge in [-0.15, -0.1) is 11.6 Å². The minimum Gasteiger partial charge on any atom is -0.361 e. The van der Waals surface area contributed by atoms with Crippen LogP contribution in [0.15, 0.2) is 60.8 Å². The molecule has 3 heterocycles. The Hall–Kier alpha value is -3.85. The van der Waals surface area contributed by atoms with Gasteiger partial charge in [0.2, 0.25) is 23.6 Å². The Morgan fingerprint density at radius 1 is 0.909 bits per heavy atom. The van der Waals surface area contributed by atoms with Gasteiger partial charge in [0.15, 0.2) is 0 Å². The van der Waals surface area contributed by atoms with Crippen molar-refractivity contribution in [2.24, 2.45) is 0 Å². The topological polar surface area (TPSA) is 106 Å². The predicted octanol–water partition coefficient (Wildman–Crippen LogP) is 3.90. The smallest absolute Gasteiger partial charge is 0.246 e. The average molecular weight is 620 g/mol. The highest BCUT2D eigenvalue weighted by molar-refractivity contribution is 6.27. The number of aromatic nitrogens is 1. The minimum atomic E-state index is -0.811. The largest absolute Gasteiger partial charge is 0.361 e. The number of amides is 4. The Labute approximate surface area is 263 Å². The van der Waals surface area contributed by atoms with Crippen molar-refractivity contribution in [1.29, 1.82) is 0 Å². The number of nitrogens with zero attached hydrogens (tertiary/aromatic N) is 3. The molecule has 0 saturated carbocycles. The molecule has 2 aromatic carbocycles. The van der Waals surface area contributed by atoms with E-state index in [4.69, 9.17) is 11.6 Å². The molecule has 2 aliphatic heterocycles. The first-order valence-electron chi connectivity index (χ1n) is 15.7. The van der Waals surface area contributed by atoms with Gasteiger partial charge in [0.05, 0.1) is 0 Å². The summed E-state index contributed by atoms with van der Waals surface area (Å²) in [6.45, 7) is 1.75. The first-order valence-corrected chi connectivity index (χ1v) is 16.2. The van der Waals surface area contributed by atoms with Crippen LogP contribution in [0.1, 0.15) is 49.7 Å². The first kappa shape index (κ1) is 31.6. The Balaban J connectivity index is 1.39. The van der Waals surface area contributed by atoms with Gasteiger partial charge in [0, 0.05) is 56.6 Å². The van der Waals surface area contributed by atoms with E-state index in [-0.39, 0.29) is 29.5 Å². The fourth-order valence-electron chi connectivity index (χ4n) is 6.48. The number of likely N-dealkylation sites (N-methyl/N-ethyl adjacent to an activating group) is 1. The third-order valence-corrected chi connectivity index (χ3v) is 9.23. The molecule has 0 radical (unpaired) electrons. The van der Waals surface area contributed by atoms with E-state index in [0.717, 1.165) is 54.1 Å². The normalized spacial score (nSPS) is 18.5. The van der Waals surface area contributed by atoms with Crippen molar-refractivity contribution < 1.29 is 19.2 Å². The Kier molecular flexibility index (Phi) is 10.6. The predicted molar refractivity (Wildman–Crippen MR) is 171 cm³/mol. The van der Waals surface area contributed by atoms with E-state index in [1.807, 2.05) is 65.7 Å². The van der Waals surface area contributed by atoms with Crippen LogP contribution >= 0.6 is 11.6 Å². The van der Waals surface area contributed by atoms with Crippen molar-refractivity contribution in [1.82, 2.24) is 25.0 Å². The lowest BCUT2D eigenvalue weighted by molar-refractivity contribution is -0.150. The number of hydrogen-bond acceptors (Lipinski definition) is 4. The summed E-state index contributed by atoms with van der Waals surface area (Å²) in [5.74, 6) is -1.31. The highest BCUT2D eigenvalue weighted by Crippen LogP contribution is 2.24. The Bertz CT molecular complexity index is 1450. The summed E-state index contributed by atoms with van der Waals surface area (Å²) in [7, 11) is 1.59. The maximum atomic E-state index is 14.2. The number of fused-ring (bicyclic) bond motifs is 1. The maximum Gasteiger partial charge on any atom is 0.246 e. The third-order valence-electron chi connectivity index (χ3n) is 9.00. The zero-order valence-electron chi connectivity index (χ0n) is 25.3. The summed E-state index contributed by atoms with van der Waals surface area (Å²) in [4.78, 5) is 62.9. The van der Waals surface area contributed by atoms with Gasteiger partial charge in [0.1, 0.15) is 24.0 Å². The Morgan fingerprint density at radius 2 is 1.61 bits per heavy atom. The highest BCUT2D eigenvalue weighted by Gasteiger charge is 2.39. The summed E-state index contributed by atoms with van der Waals surface area (Å²) in [6, 6.07) is 15.1. The number of aromatic amines is 1. The van der Waals surface area contributed by atoms with Crippen LogP contribution in [0.2, 0.25) is 0 Å². The van der Waals surface area contributed by atoms with Crippen molar-refractivity contribution >= 4 is 46.1 Å². The molecule has 10 heteroatoms. The molecular weight excluding hydrogens is 578 g/mol. The van der Waals surface area contributed by atoms with E-state index in [0.29, 0.717) is 38.9 Å². The second kappa shape index (κ2) is 14.8. The molecule has 2 fully saturated rings. The molecular formula is C34H42ClN5O4. The second-order valence-corrected chi connectivity index (χ2v) is 12.2. The number of nitrogens with one attached hydrogen (secondary N) is 2. The van der Waals surface area contributed by atoms with Crippen LogP contribution in [0.5, 0.6) is 0 Å². The van der Waals surface area contributed by atoms with Crippen LogP contribution in [0.3, 0.4) is 0 Å². The first-order chi connectivity index (χ1) is 21.4. The molecule has 3 atom stereocenters. The van der Waals surface area contributed by atoms with Gasteiger partial charge < -0.3 is 25.0 Å². The zero-order valence-corrected chi connectivity index (χ0v) is 26.1. The summed E-state index contributed by atoms with van der Waals surface area (Å²) < 4.78 is 0. The van der Waals surface area contributed by atoms with Crippen LogP contribution in [0, 0.1) is 0 Å². The quantitative estimate of drug-likeness (QED) is 0.336. The van der Waals surface area contributed by atoms with Crippen LogP contribution in [-0.4, -0.2) is 94.0 Å². The molecule has 234 valence electrons. The molecule has 2 aliphatic rings. The van der Waals surface area contributed by atoms with Crippen LogP contribution < -0.4 is 5.32 Å². The van der Waals surface area contributed by atoms with E-state index in [2.05, 4.69) is 10.3 Å². The van der Waals surface area contributed by atoms with Gasteiger partial charge in [-0.05, 0) is 55.7 Å². The van der Waals surface area contributed by atoms with Crippen molar-refractivity contribution in [3.8, 4) is 0 Å². The number of H-pyrrole nitrogens is 1. The van der Waals surface area contributed by atoms with Gasteiger partial charge in [-0.1, -0.05) is 48.5 Å². The molecule has 2 saturated heterocycles. The van der Waals surface area contributed by atoms with E-state index in [9.17, 15) is 19.2 Å². The lowest BCUT2D eigenvalue weighted by Gasteiger charge is -2.39. The molecule has 3 aromatic rings. The van der Waals surface area contributed by atoms with Crippen LogP contribution in [0.25, 0.3) is 10.9 Å². The van der Waals surface area contributed by atoms with E-state index in [1.165, 1.54) is 4.90 Å². The summed E-state index contributed by atoms with van der Waals surface area (Å²) in [5, 5.41) is 4.10. The number of alkyl halides is 1. The molecule has 5 rings (SSSR count). The van der Waals surface area contributed by atoms with E-state index < -0.39 is 18.1 Å². The summed E-state index contributed by atoms with van der Waals surface area (Å²) >= 11 is 5.89. The maximum absolute atomic E-state index is 14.2. The second-order valence-electron chi connectivity index (χ2n) is 11.9. The Morgan fingerprint density at radius 3 is 2.36 bits per heavy atom. The SMILES string of the molecule is CN(C(=O)CCl)[C@@H](Cc1ccccc1)C(=O)N1CCCC[C@H]1C(=O)N[C@@H](Cc1c[nH]c2ccccc12)C(=O)N1CCCCC1. The monoisotopic (exact) mass is 619 g/mol. The molecule has 1 aromatic heterocycles. The molecule has 0 bridgehead atoms. The zero-order chi connectivity index (χ0) is 31.1. The number of carbonyl (C=O) groups is 4. The van der Waals surface area contributed by atoms with Crippen molar-refractivity contribution in [2.75, 3.05) is 32.6 Å². The summed E-state index contributed by atoms with van der Waals surface area (Å²) in [5.41, 5.74) is 2.84. The fourth-order valence-corrected chi connectivity index (χ4v) is 6.67. The number of piperidine rings is 2. The van der Waals surface area contributed by atoms with Crippen LogP contribution in [-0.2, 0) is 32.0 Å². The highest BCUT2D eigenvalue weighted by atomic mass is 35.5. The van der Waals surface area contributed by atoms with Gasteiger partial charge in [-0.25, -0.2) is 0 Å². The molecule has 0 spiro atoms.